The third-order valence-electron chi connectivity index (χ3n) is 1.52. The van der Waals surface area contributed by atoms with E-state index in [0.717, 1.165) is 0 Å². The largest absolute Gasteiger partial charge is 0.414 e. The summed E-state index contributed by atoms with van der Waals surface area (Å²) < 4.78 is 35.6. The van der Waals surface area contributed by atoms with Gasteiger partial charge in [0.15, 0.2) is 6.61 Å². The van der Waals surface area contributed by atoms with Gasteiger partial charge in [-0.15, -0.1) is 0 Å². The third-order valence-corrected chi connectivity index (χ3v) is 2.21. The van der Waals surface area contributed by atoms with Gasteiger partial charge in [-0.3, -0.25) is 9.63 Å². The Labute approximate surface area is 97.7 Å². The van der Waals surface area contributed by atoms with Crippen LogP contribution in [0.2, 0.25) is 0 Å². The second-order valence-corrected chi connectivity index (χ2v) is 3.67. The first-order valence-corrected chi connectivity index (χ1v) is 4.93. The molecule has 0 bridgehead atoms. The summed E-state index contributed by atoms with van der Waals surface area (Å²) in [6.07, 6.45) is -4.47. The zero-order valence-corrected chi connectivity index (χ0v) is 9.43. The number of carbonyl (C=O) groups is 1. The smallest absolute Gasteiger partial charge is 0.267 e. The molecule has 1 amide bonds. The minimum Gasteiger partial charge on any atom is -0.267 e. The zero-order chi connectivity index (χ0) is 12.2. The van der Waals surface area contributed by atoms with Crippen LogP contribution in [0, 0.1) is 0 Å². The van der Waals surface area contributed by atoms with Gasteiger partial charge in [-0.1, -0.05) is 12.1 Å². The van der Waals surface area contributed by atoms with Gasteiger partial charge in [-0.25, -0.2) is 5.48 Å². The molecule has 16 heavy (non-hydrogen) atoms. The van der Waals surface area contributed by atoms with Crippen LogP contribution >= 0.6 is 15.9 Å². The fourth-order valence-corrected chi connectivity index (χ4v) is 1.35. The fourth-order valence-electron chi connectivity index (χ4n) is 0.884. The first-order valence-electron chi connectivity index (χ1n) is 4.13. The van der Waals surface area contributed by atoms with Crippen molar-refractivity contribution in [2.24, 2.45) is 0 Å². The lowest BCUT2D eigenvalue weighted by Gasteiger charge is -2.08. The highest BCUT2D eigenvalue weighted by Gasteiger charge is 2.28. The molecule has 0 aromatic heterocycles. The van der Waals surface area contributed by atoms with Crippen LogP contribution in [0.1, 0.15) is 10.4 Å². The van der Waals surface area contributed by atoms with Crippen molar-refractivity contribution >= 4 is 21.8 Å². The summed E-state index contributed by atoms with van der Waals surface area (Å²) in [5, 5.41) is 0. The van der Waals surface area contributed by atoms with Crippen LogP contribution in [0.4, 0.5) is 13.2 Å². The number of hydrogen-bond acceptors (Lipinski definition) is 2. The van der Waals surface area contributed by atoms with Gasteiger partial charge in [0.1, 0.15) is 0 Å². The van der Waals surface area contributed by atoms with Crippen molar-refractivity contribution in [1.29, 1.82) is 0 Å². The summed E-state index contributed by atoms with van der Waals surface area (Å²) in [7, 11) is 0. The number of carbonyl (C=O) groups excluding carboxylic acids is 1. The van der Waals surface area contributed by atoms with E-state index in [9.17, 15) is 18.0 Å². The maximum Gasteiger partial charge on any atom is 0.414 e. The fraction of sp³-hybridized carbons (Fsp3) is 0.222. The van der Waals surface area contributed by atoms with Crippen LogP contribution in [0.3, 0.4) is 0 Å². The Morgan fingerprint density at radius 3 is 2.56 bits per heavy atom. The van der Waals surface area contributed by atoms with Gasteiger partial charge in [-0.2, -0.15) is 13.2 Å². The lowest BCUT2D eigenvalue weighted by Crippen LogP contribution is -2.29. The number of halogens is 4. The Hall–Kier alpha value is -1.08. The van der Waals surface area contributed by atoms with Gasteiger partial charge in [-0.05, 0) is 28.1 Å². The SMILES string of the molecule is O=C(NOCC(F)(F)F)c1ccccc1Br. The van der Waals surface area contributed by atoms with Gasteiger partial charge >= 0.3 is 6.18 Å². The highest BCUT2D eigenvalue weighted by atomic mass is 79.9. The molecule has 0 spiro atoms. The number of amides is 1. The Kier molecular flexibility index (Phi) is 4.31. The highest BCUT2D eigenvalue weighted by Crippen LogP contribution is 2.16. The molecule has 1 N–H and O–H groups in total. The van der Waals surface area contributed by atoms with Crippen molar-refractivity contribution < 1.29 is 22.8 Å². The molecular weight excluding hydrogens is 291 g/mol. The monoisotopic (exact) mass is 297 g/mol. The van der Waals surface area contributed by atoms with Crippen molar-refractivity contribution in [3.8, 4) is 0 Å². The topological polar surface area (TPSA) is 38.3 Å². The van der Waals surface area contributed by atoms with Gasteiger partial charge in [0.05, 0.1) is 5.56 Å². The molecule has 0 radical (unpaired) electrons. The molecule has 0 unspecified atom stereocenters. The summed E-state index contributed by atoms with van der Waals surface area (Å²) >= 11 is 3.09. The van der Waals surface area contributed by atoms with Crippen LogP contribution in [0.5, 0.6) is 0 Å². The molecule has 0 aliphatic heterocycles. The minimum absolute atomic E-state index is 0.199. The molecular formula is C9H7BrF3NO2. The normalized spacial score (nSPS) is 11.2. The first kappa shape index (κ1) is 13.0. The van der Waals surface area contributed by atoms with Crippen LogP contribution in [0.15, 0.2) is 28.7 Å². The molecule has 7 heteroatoms. The van der Waals surface area contributed by atoms with Crippen LogP contribution < -0.4 is 5.48 Å². The molecule has 0 aliphatic carbocycles. The zero-order valence-electron chi connectivity index (χ0n) is 7.84. The third kappa shape index (κ3) is 4.19. The predicted octanol–water partition coefficient (Wildman–Crippen LogP) is 2.67. The van der Waals surface area contributed by atoms with Crippen LogP contribution in [-0.4, -0.2) is 18.7 Å². The molecule has 1 aromatic rings. The van der Waals surface area contributed by atoms with Gasteiger partial charge in [0.2, 0.25) is 0 Å². The van der Waals surface area contributed by atoms with Gasteiger partial charge in [0, 0.05) is 4.47 Å². The predicted molar refractivity (Wildman–Crippen MR) is 53.6 cm³/mol. The number of benzene rings is 1. The molecule has 0 aliphatic rings. The molecule has 0 saturated heterocycles. The number of hydrogen-bond donors (Lipinski definition) is 1. The van der Waals surface area contributed by atoms with E-state index in [2.05, 4.69) is 20.8 Å². The maximum absolute atomic E-state index is 11.7. The van der Waals surface area contributed by atoms with Crippen molar-refractivity contribution in [1.82, 2.24) is 5.48 Å². The molecule has 3 nitrogen and oxygen atoms in total. The summed E-state index contributed by atoms with van der Waals surface area (Å²) in [6.45, 7) is -1.52. The summed E-state index contributed by atoms with van der Waals surface area (Å²) in [5.74, 6) is -0.739. The number of hydroxylamine groups is 1. The molecule has 88 valence electrons. The molecule has 0 atom stereocenters. The standard InChI is InChI=1S/C9H7BrF3NO2/c10-7-4-2-1-3-6(7)8(15)14-16-5-9(11,12)13/h1-4H,5H2,(H,14,15). The Balaban J connectivity index is 2.51. The van der Waals surface area contributed by atoms with Crippen molar-refractivity contribution in [3.05, 3.63) is 34.3 Å². The second kappa shape index (κ2) is 5.31. The lowest BCUT2D eigenvalue weighted by molar-refractivity contribution is -0.184. The van der Waals surface area contributed by atoms with Crippen molar-refractivity contribution in [2.75, 3.05) is 6.61 Å². The van der Waals surface area contributed by atoms with Gasteiger partial charge < -0.3 is 0 Å². The number of rotatable bonds is 3. The van der Waals surface area contributed by atoms with Crippen LogP contribution in [-0.2, 0) is 4.84 Å². The first-order chi connectivity index (χ1) is 7.40. The van der Waals surface area contributed by atoms with Crippen molar-refractivity contribution in [3.63, 3.8) is 0 Å². The van der Waals surface area contributed by atoms with Gasteiger partial charge in [0.25, 0.3) is 5.91 Å². The Morgan fingerprint density at radius 1 is 1.38 bits per heavy atom. The quantitative estimate of drug-likeness (QED) is 0.871. The Bertz CT molecular complexity index is 381. The van der Waals surface area contributed by atoms with E-state index in [1.54, 1.807) is 23.7 Å². The average molecular weight is 298 g/mol. The van der Waals surface area contributed by atoms with E-state index >= 15 is 0 Å². The molecule has 1 aromatic carbocycles. The number of alkyl halides is 3. The summed E-state index contributed by atoms with van der Waals surface area (Å²) in [5.41, 5.74) is 1.91. The van der Waals surface area contributed by atoms with E-state index < -0.39 is 18.7 Å². The molecule has 0 saturated carbocycles. The van der Waals surface area contributed by atoms with E-state index in [0.29, 0.717) is 4.47 Å². The van der Waals surface area contributed by atoms with Crippen LogP contribution in [0.25, 0.3) is 0 Å². The maximum atomic E-state index is 11.7. The molecule has 0 fully saturated rings. The minimum atomic E-state index is -4.47. The average Bonchev–Trinajstić information content (AvgIpc) is 2.16. The summed E-state index contributed by atoms with van der Waals surface area (Å²) in [4.78, 5) is 15.3. The van der Waals surface area contributed by atoms with E-state index in [4.69, 9.17) is 0 Å². The lowest BCUT2D eigenvalue weighted by atomic mass is 10.2. The van der Waals surface area contributed by atoms with Crippen molar-refractivity contribution in [2.45, 2.75) is 6.18 Å². The molecule has 0 heterocycles. The highest BCUT2D eigenvalue weighted by molar-refractivity contribution is 9.10. The van der Waals surface area contributed by atoms with E-state index in [-0.39, 0.29) is 5.56 Å². The van der Waals surface area contributed by atoms with E-state index in [1.807, 2.05) is 0 Å². The second-order valence-electron chi connectivity index (χ2n) is 2.81. The Morgan fingerprint density at radius 2 is 2.00 bits per heavy atom. The van der Waals surface area contributed by atoms with E-state index in [1.165, 1.54) is 6.07 Å². The molecule has 1 rings (SSSR count). The summed E-state index contributed by atoms with van der Waals surface area (Å²) in [6, 6.07) is 6.32. The number of nitrogens with one attached hydrogen (secondary N) is 1.